The Morgan fingerprint density at radius 3 is 2.67 bits per heavy atom. The summed E-state index contributed by atoms with van der Waals surface area (Å²) in [5.74, 6) is 0.772. The Labute approximate surface area is 210 Å². The van der Waals surface area contributed by atoms with Crippen LogP contribution >= 0.6 is 0 Å². The second kappa shape index (κ2) is 9.65. The summed E-state index contributed by atoms with van der Waals surface area (Å²) in [5.41, 5.74) is 4.13. The summed E-state index contributed by atoms with van der Waals surface area (Å²) >= 11 is 0. The lowest BCUT2D eigenvalue weighted by Gasteiger charge is -2.30. The van der Waals surface area contributed by atoms with Gasteiger partial charge >= 0.3 is 0 Å². The molecule has 9 nitrogen and oxygen atoms in total. The van der Waals surface area contributed by atoms with Gasteiger partial charge in [0.1, 0.15) is 11.3 Å². The number of aliphatic hydroxyl groups excluding tert-OH is 1. The number of nitrogens with one attached hydrogen (secondary N) is 2. The lowest BCUT2D eigenvalue weighted by Crippen LogP contribution is -2.42. The molecule has 3 N–H and O–H groups in total. The van der Waals surface area contributed by atoms with Crippen molar-refractivity contribution in [1.82, 2.24) is 29.8 Å². The number of β-amino-alcohol motifs (C(OH)–C–C–N with tert-alkyl or cyclic N) is 1. The van der Waals surface area contributed by atoms with E-state index >= 15 is 0 Å². The summed E-state index contributed by atoms with van der Waals surface area (Å²) in [6.45, 7) is 5.90. The van der Waals surface area contributed by atoms with Crippen molar-refractivity contribution in [1.29, 1.82) is 0 Å². The molecule has 2 fully saturated rings. The van der Waals surface area contributed by atoms with E-state index in [1.54, 1.807) is 28.9 Å². The van der Waals surface area contributed by atoms with Crippen LogP contribution in [0.15, 0.2) is 48.8 Å². The van der Waals surface area contributed by atoms with E-state index in [0.29, 0.717) is 29.6 Å². The third kappa shape index (κ3) is 4.61. The minimum atomic E-state index is -0.671. The SMILES string of the molecule is O=C(NCC(O)CN1CCc2ccccc2C1)c1cn2cc(C(=O)N3CC4CNCC4C3)ccc2n1. The molecule has 0 saturated carbocycles. The number of benzene rings is 1. The second-order valence-corrected chi connectivity index (χ2v) is 10.3. The molecular formula is C27H32N6O3. The molecule has 3 aliphatic rings. The van der Waals surface area contributed by atoms with Gasteiger partial charge in [-0.2, -0.15) is 0 Å². The van der Waals surface area contributed by atoms with Crippen LogP contribution in [0.3, 0.4) is 0 Å². The lowest BCUT2D eigenvalue weighted by molar-refractivity contribution is 0.0781. The van der Waals surface area contributed by atoms with Crippen molar-refractivity contribution in [3.05, 3.63) is 71.2 Å². The quantitative estimate of drug-likeness (QED) is 0.474. The summed E-state index contributed by atoms with van der Waals surface area (Å²) in [5, 5.41) is 16.7. The molecule has 36 heavy (non-hydrogen) atoms. The predicted molar refractivity (Wildman–Crippen MR) is 135 cm³/mol. The number of pyridine rings is 1. The molecule has 3 unspecified atom stereocenters. The van der Waals surface area contributed by atoms with Crippen molar-refractivity contribution in [3.63, 3.8) is 0 Å². The number of carbonyl (C=O) groups is 2. The number of imidazole rings is 1. The van der Waals surface area contributed by atoms with Crippen LogP contribution in [0.2, 0.25) is 0 Å². The zero-order chi connectivity index (χ0) is 24.6. The highest BCUT2D eigenvalue weighted by Crippen LogP contribution is 2.27. The predicted octanol–water partition coefficient (Wildman–Crippen LogP) is 0.775. The fourth-order valence-electron chi connectivity index (χ4n) is 5.81. The van der Waals surface area contributed by atoms with Gasteiger partial charge in [0.15, 0.2) is 0 Å². The van der Waals surface area contributed by atoms with Gasteiger partial charge in [0, 0.05) is 64.8 Å². The average Bonchev–Trinajstić information content (AvgIpc) is 3.61. The van der Waals surface area contributed by atoms with E-state index in [-0.39, 0.29) is 24.1 Å². The highest BCUT2D eigenvalue weighted by Gasteiger charge is 2.38. The smallest absolute Gasteiger partial charge is 0.271 e. The van der Waals surface area contributed by atoms with Gasteiger partial charge in [0.25, 0.3) is 11.8 Å². The number of aromatic nitrogens is 2. The Morgan fingerprint density at radius 2 is 1.86 bits per heavy atom. The van der Waals surface area contributed by atoms with Crippen molar-refractivity contribution in [3.8, 4) is 0 Å². The van der Waals surface area contributed by atoms with Gasteiger partial charge in [-0.15, -0.1) is 0 Å². The first-order valence-corrected chi connectivity index (χ1v) is 12.8. The molecule has 0 aliphatic carbocycles. The Morgan fingerprint density at radius 1 is 1.08 bits per heavy atom. The van der Waals surface area contributed by atoms with Crippen molar-refractivity contribution >= 4 is 17.5 Å². The molecule has 3 atom stereocenters. The zero-order valence-corrected chi connectivity index (χ0v) is 20.3. The van der Waals surface area contributed by atoms with Gasteiger partial charge in [-0.05, 0) is 41.5 Å². The fraction of sp³-hybridized carbons (Fsp3) is 0.444. The fourth-order valence-corrected chi connectivity index (χ4v) is 5.81. The van der Waals surface area contributed by atoms with E-state index in [1.165, 1.54) is 11.1 Å². The molecular weight excluding hydrogens is 456 g/mol. The maximum absolute atomic E-state index is 13.0. The van der Waals surface area contributed by atoms with Crippen molar-refractivity contribution in [2.24, 2.45) is 11.8 Å². The number of rotatable bonds is 6. The molecule has 1 aromatic carbocycles. The Hall–Kier alpha value is -3.27. The topological polar surface area (TPSA) is 102 Å². The summed E-state index contributed by atoms with van der Waals surface area (Å²) < 4.78 is 1.72. The van der Waals surface area contributed by atoms with Crippen LogP contribution in [0, 0.1) is 11.8 Å². The van der Waals surface area contributed by atoms with Crippen LogP contribution in [0.4, 0.5) is 0 Å². The third-order valence-electron chi connectivity index (χ3n) is 7.78. The van der Waals surface area contributed by atoms with Crippen molar-refractivity contribution in [2.45, 2.75) is 19.1 Å². The first kappa shape index (κ1) is 23.1. The van der Waals surface area contributed by atoms with E-state index in [1.807, 2.05) is 11.0 Å². The molecule has 2 amide bonds. The monoisotopic (exact) mass is 488 g/mol. The van der Waals surface area contributed by atoms with Crippen LogP contribution in [0.1, 0.15) is 32.0 Å². The molecule has 2 saturated heterocycles. The zero-order valence-electron chi connectivity index (χ0n) is 20.3. The number of likely N-dealkylation sites (tertiary alicyclic amines) is 1. The molecule has 0 bridgehead atoms. The Bertz CT molecular complexity index is 1280. The number of hydrogen-bond donors (Lipinski definition) is 3. The highest BCUT2D eigenvalue weighted by molar-refractivity contribution is 5.95. The normalized spacial score (nSPS) is 22.4. The summed E-state index contributed by atoms with van der Waals surface area (Å²) in [7, 11) is 0. The first-order chi connectivity index (χ1) is 17.5. The van der Waals surface area contributed by atoms with Gasteiger partial charge in [0.05, 0.1) is 11.7 Å². The highest BCUT2D eigenvalue weighted by atomic mass is 16.3. The van der Waals surface area contributed by atoms with E-state index < -0.39 is 6.10 Å². The van der Waals surface area contributed by atoms with Crippen LogP contribution in [-0.4, -0.2) is 88.0 Å². The molecule has 3 aliphatic heterocycles. The molecule has 188 valence electrons. The molecule has 3 aromatic rings. The second-order valence-electron chi connectivity index (χ2n) is 10.3. The number of nitrogens with zero attached hydrogens (tertiary/aromatic N) is 4. The van der Waals surface area contributed by atoms with Crippen LogP contribution < -0.4 is 10.6 Å². The minimum Gasteiger partial charge on any atom is -0.390 e. The number of amides is 2. The van der Waals surface area contributed by atoms with E-state index in [2.05, 4.69) is 38.7 Å². The molecule has 9 heteroatoms. The average molecular weight is 489 g/mol. The van der Waals surface area contributed by atoms with Gasteiger partial charge < -0.3 is 25.0 Å². The maximum atomic E-state index is 13.0. The Balaban J connectivity index is 1.04. The summed E-state index contributed by atoms with van der Waals surface area (Å²) in [4.78, 5) is 34.3. The van der Waals surface area contributed by atoms with E-state index in [9.17, 15) is 14.7 Å². The molecule has 6 rings (SSSR count). The van der Waals surface area contributed by atoms with Gasteiger partial charge in [-0.25, -0.2) is 4.98 Å². The summed E-state index contributed by atoms with van der Waals surface area (Å²) in [6, 6.07) is 11.9. The third-order valence-corrected chi connectivity index (χ3v) is 7.78. The van der Waals surface area contributed by atoms with Crippen LogP contribution in [-0.2, 0) is 13.0 Å². The number of hydrogen-bond acceptors (Lipinski definition) is 6. The molecule has 0 spiro atoms. The standard InChI is InChI=1S/C27H32N6O3/c34-23(16-31-8-7-18-3-1-2-4-19(18)12-31)11-29-26(35)24-17-32-13-20(5-6-25(32)30-24)27(36)33-14-21-9-28-10-22(21)15-33/h1-6,13,17,21-23,28,34H,7-12,14-16H2,(H,29,35). The molecule has 0 radical (unpaired) electrons. The van der Waals surface area contributed by atoms with Gasteiger partial charge in [0.2, 0.25) is 0 Å². The largest absolute Gasteiger partial charge is 0.390 e. The van der Waals surface area contributed by atoms with Gasteiger partial charge in [-0.3, -0.25) is 14.5 Å². The number of aliphatic hydroxyl groups is 1. The van der Waals surface area contributed by atoms with Crippen molar-refractivity contribution in [2.75, 3.05) is 45.8 Å². The first-order valence-electron chi connectivity index (χ1n) is 12.8. The molecule has 5 heterocycles. The van der Waals surface area contributed by atoms with E-state index in [4.69, 9.17) is 0 Å². The number of fused-ring (bicyclic) bond motifs is 3. The van der Waals surface area contributed by atoms with Gasteiger partial charge in [-0.1, -0.05) is 24.3 Å². The van der Waals surface area contributed by atoms with Crippen LogP contribution in [0.25, 0.3) is 5.65 Å². The Kier molecular flexibility index (Phi) is 6.20. The maximum Gasteiger partial charge on any atom is 0.271 e. The van der Waals surface area contributed by atoms with Crippen molar-refractivity contribution < 1.29 is 14.7 Å². The van der Waals surface area contributed by atoms with Crippen LogP contribution in [0.5, 0.6) is 0 Å². The van der Waals surface area contributed by atoms with E-state index in [0.717, 1.165) is 45.7 Å². The lowest BCUT2D eigenvalue weighted by atomic mass is 10.00. The molecule has 2 aromatic heterocycles. The minimum absolute atomic E-state index is 0.0226. The summed E-state index contributed by atoms with van der Waals surface area (Å²) in [6.07, 6.45) is 3.68. The number of carbonyl (C=O) groups excluding carboxylic acids is 2.